The molecule has 0 spiro atoms. The third kappa shape index (κ3) is 5.82. The number of rotatable bonds is 8. The van der Waals surface area contributed by atoms with Gasteiger partial charge in [-0.2, -0.15) is 0 Å². The van der Waals surface area contributed by atoms with Gasteiger partial charge in [0.1, 0.15) is 24.7 Å². The van der Waals surface area contributed by atoms with Crippen molar-refractivity contribution in [3.05, 3.63) is 75.7 Å². The van der Waals surface area contributed by atoms with Gasteiger partial charge in [-0.3, -0.25) is 4.79 Å². The maximum Gasteiger partial charge on any atom is 0.251 e. The molecule has 1 heterocycles. The van der Waals surface area contributed by atoms with Gasteiger partial charge >= 0.3 is 0 Å². The van der Waals surface area contributed by atoms with E-state index in [9.17, 15) is 4.79 Å². The highest BCUT2D eigenvalue weighted by molar-refractivity contribution is 7.09. The molecule has 27 heavy (non-hydrogen) atoms. The molecule has 2 aromatic carbocycles. The topological polar surface area (TPSA) is 60.5 Å². The molecule has 0 saturated heterocycles. The second-order valence-electron chi connectivity index (χ2n) is 6.10. The largest absolute Gasteiger partial charge is 0.492 e. The van der Waals surface area contributed by atoms with Gasteiger partial charge in [0.2, 0.25) is 0 Å². The van der Waals surface area contributed by atoms with Gasteiger partial charge in [0, 0.05) is 10.9 Å². The predicted octanol–water partition coefficient (Wildman–Crippen LogP) is 4.15. The summed E-state index contributed by atoms with van der Waals surface area (Å²) in [6.45, 7) is 5.20. The van der Waals surface area contributed by atoms with Crippen molar-refractivity contribution in [1.82, 2.24) is 10.3 Å². The van der Waals surface area contributed by atoms with E-state index in [2.05, 4.69) is 10.3 Å². The Balaban J connectivity index is 1.46. The van der Waals surface area contributed by atoms with Crippen molar-refractivity contribution in [2.24, 2.45) is 0 Å². The minimum Gasteiger partial charge on any atom is -0.492 e. The number of hydrogen-bond acceptors (Lipinski definition) is 5. The molecule has 0 atom stereocenters. The SMILES string of the molecule is Cc1cccc(OCCNC(=O)c2cccc(OCc3csc(C)n3)c2)c1. The van der Waals surface area contributed by atoms with E-state index in [1.165, 1.54) is 0 Å². The first-order valence-corrected chi connectivity index (χ1v) is 9.59. The van der Waals surface area contributed by atoms with Gasteiger partial charge < -0.3 is 14.8 Å². The zero-order chi connectivity index (χ0) is 19.1. The second kappa shape index (κ2) is 9.19. The third-order valence-corrected chi connectivity index (χ3v) is 4.62. The summed E-state index contributed by atoms with van der Waals surface area (Å²) in [6, 6.07) is 15.0. The second-order valence-corrected chi connectivity index (χ2v) is 7.16. The molecule has 0 radical (unpaired) electrons. The maximum atomic E-state index is 12.3. The average molecular weight is 382 g/mol. The predicted molar refractivity (Wildman–Crippen MR) is 107 cm³/mol. The van der Waals surface area contributed by atoms with Crippen LogP contribution >= 0.6 is 11.3 Å². The fourth-order valence-electron chi connectivity index (χ4n) is 2.50. The lowest BCUT2D eigenvalue weighted by atomic mass is 10.2. The molecule has 0 aliphatic carbocycles. The van der Waals surface area contributed by atoms with E-state index in [1.807, 2.05) is 49.6 Å². The van der Waals surface area contributed by atoms with Crippen molar-refractivity contribution in [2.45, 2.75) is 20.5 Å². The first kappa shape index (κ1) is 18.9. The van der Waals surface area contributed by atoms with E-state index in [-0.39, 0.29) is 5.91 Å². The Morgan fingerprint density at radius 1 is 1.07 bits per heavy atom. The van der Waals surface area contributed by atoms with E-state index in [0.29, 0.717) is 31.1 Å². The lowest BCUT2D eigenvalue weighted by molar-refractivity contribution is 0.0946. The van der Waals surface area contributed by atoms with Crippen LogP contribution in [0.3, 0.4) is 0 Å². The number of thiazole rings is 1. The molecule has 0 aliphatic heterocycles. The molecular weight excluding hydrogens is 360 g/mol. The van der Waals surface area contributed by atoms with Gasteiger partial charge in [-0.05, 0) is 49.7 Å². The summed E-state index contributed by atoms with van der Waals surface area (Å²) in [4.78, 5) is 16.7. The van der Waals surface area contributed by atoms with Crippen LogP contribution in [0.25, 0.3) is 0 Å². The van der Waals surface area contributed by atoms with Crippen LogP contribution in [-0.2, 0) is 6.61 Å². The molecule has 3 aromatic rings. The van der Waals surface area contributed by atoms with Crippen LogP contribution in [0.15, 0.2) is 53.9 Å². The Bertz CT molecular complexity index is 908. The van der Waals surface area contributed by atoms with Crippen LogP contribution in [0.1, 0.15) is 26.6 Å². The number of nitrogens with one attached hydrogen (secondary N) is 1. The van der Waals surface area contributed by atoms with Gasteiger partial charge in [0.15, 0.2) is 0 Å². The monoisotopic (exact) mass is 382 g/mol. The number of aromatic nitrogens is 1. The summed E-state index contributed by atoms with van der Waals surface area (Å²) in [6.07, 6.45) is 0. The number of carbonyl (C=O) groups is 1. The van der Waals surface area contributed by atoms with E-state index < -0.39 is 0 Å². The summed E-state index contributed by atoms with van der Waals surface area (Å²) in [5.74, 6) is 1.29. The number of carbonyl (C=O) groups excluding carboxylic acids is 1. The lowest BCUT2D eigenvalue weighted by Crippen LogP contribution is -2.28. The number of benzene rings is 2. The molecule has 6 heteroatoms. The number of ether oxygens (including phenoxy) is 2. The van der Waals surface area contributed by atoms with Gasteiger partial charge in [0.25, 0.3) is 5.91 Å². The summed E-state index contributed by atoms with van der Waals surface area (Å²) in [5, 5.41) is 5.84. The van der Waals surface area contributed by atoms with Crippen LogP contribution in [0.4, 0.5) is 0 Å². The molecule has 5 nitrogen and oxygen atoms in total. The van der Waals surface area contributed by atoms with Gasteiger partial charge in [-0.25, -0.2) is 4.98 Å². The van der Waals surface area contributed by atoms with Crippen molar-refractivity contribution >= 4 is 17.2 Å². The molecule has 140 valence electrons. The normalized spacial score (nSPS) is 10.4. The van der Waals surface area contributed by atoms with Crippen LogP contribution in [0.5, 0.6) is 11.5 Å². The van der Waals surface area contributed by atoms with Crippen molar-refractivity contribution in [1.29, 1.82) is 0 Å². The maximum absolute atomic E-state index is 12.3. The first-order chi connectivity index (χ1) is 13.1. The van der Waals surface area contributed by atoms with Crippen LogP contribution in [-0.4, -0.2) is 24.0 Å². The summed E-state index contributed by atoms with van der Waals surface area (Å²) >= 11 is 1.59. The van der Waals surface area contributed by atoms with Crippen molar-refractivity contribution in [2.75, 3.05) is 13.2 Å². The molecule has 3 rings (SSSR count). The Labute approximate surface area is 163 Å². The van der Waals surface area contributed by atoms with E-state index in [4.69, 9.17) is 9.47 Å². The fourth-order valence-corrected chi connectivity index (χ4v) is 3.10. The van der Waals surface area contributed by atoms with Gasteiger partial charge in [-0.15, -0.1) is 11.3 Å². The Hall–Kier alpha value is -2.86. The Morgan fingerprint density at radius 2 is 1.85 bits per heavy atom. The molecular formula is C21H22N2O3S. The highest BCUT2D eigenvalue weighted by atomic mass is 32.1. The van der Waals surface area contributed by atoms with Gasteiger partial charge in [-0.1, -0.05) is 18.2 Å². The minimum atomic E-state index is -0.155. The van der Waals surface area contributed by atoms with E-state index >= 15 is 0 Å². The first-order valence-electron chi connectivity index (χ1n) is 8.72. The summed E-state index contributed by atoms with van der Waals surface area (Å²) < 4.78 is 11.4. The molecule has 1 N–H and O–H groups in total. The van der Waals surface area contributed by atoms with Crippen LogP contribution in [0, 0.1) is 13.8 Å². The molecule has 0 saturated carbocycles. The standard InChI is InChI=1S/C21H22N2O3S/c1-15-5-3-7-19(11-15)25-10-9-22-21(24)17-6-4-8-20(12-17)26-13-18-14-27-16(2)23-18/h3-8,11-12,14H,9-10,13H2,1-2H3,(H,22,24). The van der Waals surface area contributed by atoms with Crippen molar-refractivity contribution in [3.63, 3.8) is 0 Å². The smallest absolute Gasteiger partial charge is 0.251 e. The molecule has 0 aliphatic rings. The molecule has 0 unspecified atom stereocenters. The lowest BCUT2D eigenvalue weighted by Gasteiger charge is -2.09. The molecule has 1 aromatic heterocycles. The minimum absolute atomic E-state index is 0.155. The zero-order valence-electron chi connectivity index (χ0n) is 15.4. The summed E-state index contributed by atoms with van der Waals surface area (Å²) in [5.41, 5.74) is 2.58. The molecule has 1 amide bonds. The van der Waals surface area contributed by atoms with Crippen LogP contribution in [0.2, 0.25) is 0 Å². The fraction of sp³-hybridized carbons (Fsp3) is 0.238. The zero-order valence-corrected chi connectivity index (χ0v) is 16.2. The number of amides is 1. The Morgan fingerprint density at radius 3 is 2.59 bits per heavy atom. The van der Waals surface area contributed by atoms with Crippen molar-refractivity contribution < 1.29 is 14.3 Å². The van der Waals surface area contributed by atoms with Gasteiger partial charge in [0.05, 0.1) is 17.2 Å². The average Bonchev–Trinajstić information content (AvgIpc) is 3.09. The highest BCUT2D eigenvalue weighted by Crippen LogP contribution is 2.16. The number of aryl methyl sites for hydroxylation is 2. The van der Waals surface area contributed by atoms with E-state index in [1.54, 1.807) is 29.5 Å². The number of hydrogen-bond donors (Lipinski definition) is 1. The number of nitrogens with zero attached hydrogens (tertiary/aromatic N) is 1. The highest BCUT2D eigenvalue weighted by Gasteiger charge is 2.07. The van der Waals surface area contributed by atoms with Crippen LogP contribution < -0.4 is 14.8 Å². The Kier molecular flexibility index (Phi) is 6.44. The van der Waals surface area contributed by atoms with Crippen molar-refractivity contribution in [3.8, 4) is 11.5 Å². The quantitative estimate of drug-likeness (QED) is 0.595. The summed E-state index contributed by atoms with van der Waals surface area (Å²) in [7, 11) is 0. The molecule has 0 bridgehead atoms. The third-order valence-electron chi connectivity index (χ3n) is 3.80. The molecule has 0 fully saturated rings. The van der Waals surface area contributed by atoms with E-state index in [0.717, 1.165) is 22.0 Å².